The molecule has 5 aliphatic heterocycles. The topological polar surface area (TPSA) is 102 Å². The number of ether oxygens (including phenoxy) is 1. The highest BCUT2D eigenvalue weighted by Crippen LogP contribution is 2.60. The number of nitro benzene ring substituents is 1. The van der Waals surface area contributed by atoms with Gasteiger partial charge in [-0.2, -0.15) is 0 Å². The van der Waals surface area contributed by atoms with Crippen LogP contribution in [0.1, 0.15) is 64.5 Å². The van der Waals surface area contributed by atoms with Crippen LogP contribution in [-0.2, 0) is 9.59 Å². The summed E-state index contributed by atoms with van der Waals surface area (Å²) < 4.78 is 5.98. The quantitative estimate of drug-likeness (QED) is 0.530. The van der Waals surface area contributed by atoms with Gasteiger partial charge in [-0.3, -0.25) is 19.7 Å². The molecule has 1 aliphatic carbocycles. The first-order valence-electron chi connectivity index (χ1n) is 12.0. The minimum Gasteiger partial charge on any atom is -0.483 e. The summed E-state index contributed by atoms with van der Waals surface area (Å²) in [6.45, 7) is 8.60. The summed E-state index contributed by atoms with van der Waals surface area (Å²) in [5.74, 6) is 0.240. The normalized spacial score (nSPS) is 33.9. The number of nitro groups is 1. The van der Waals surface area contributed by atoms with Gasteiger partial charge in [-0.1, -0.05) is 13.8 Å². The lowest BCUT2D eigenvalue weighted by molar-refractivity contribution is -0.385. The highest BCUT2D eigenvalue weighted by atomic mass is 16.6. The molecule has 178 valence electrons. The predicted octanol–water partition coefficient (Wildman–Crippen LogP) is 3.84. The minimum absolute atomic E-state index is 0.0259. The first-order chi connectivity index (χ1) is 15.9. The minimum atomic E-state index is -1.17. The maximum atomic E-state index is 13.9. The molecule has 4 fully saturated rings. The second-order valence-corrected chi connectivity index (χ2v) is 11.7. The number of carbonyl (C=O) groups excluding carboxylic acids is 2. The van der Waals surface area contributed by atoms with Gasteiger partial charge in [-0.15, -0.1) is 0 Å². The Hall–Kier alpha value is -3.16. The molecule has 3 atom stereocenters. The molecule has 1 N–H and O–H groups in total. The van der Waals surface area contributed by atoms with Gasteiger partial charge in [0.15, 0.2) is 0 Å². The average Bonchev–Trinajstić information content (AvgIpc) is 3.18. The summed E-state index contributed by atoms with van der Waals surface area (Å²) in [6.07, 6.45) is 8.13. The van der Waals surface area contributed by atoms with Crippen molar-refractivity contribution in [2.45, 2.75) is 70.1 Å². The maximum absolute atomic E-state index is 13.9. The number of piperidine rings is 2. The molecule has 2 spiro atoms. The molecule has 8 nitrogen and oxygen atoms in total. The number of amides is 2. The Morgan fingerprint density at radius 2 is 1.97 bits per heavy atom. The fourth-order valence-corrected chi connectivity index (χ4v) is 7.13. The van der Waals surface area contributed by atoms with E-state index in [4.69, 9.17) is 4.74 Å². The Kier molecular flexibility index (Phi) is 3.95. The van der Waals surface area contributed by atoms with E-state index in [2.05, 4.69) is 19.2 Å². The highest BCUT2D eigenvalue weighted by molar-refractivity contribution is 6.07. The summed E-state index contributed by atoms with van der Waals surface area (Å²) in [7, 11) is 0. The first-order valence-corrected chi connectivity index (χ1v) is 12.0. The number of hydrogen-bond donors (Lipinski definition) is 1. The Morgan fingerprint density at radius 1 is 1.21 bits per heavy atom. The van der Waals surface area contributed by atoms with E-state index in [-0.39, 0.29) is 33.8 Å². The van der Waals surface area contributed by atoms with E-state index in [1.807, 2.05) is 26.0 Å². The molecule has 2 bridgehead atoms. The Balaban J connectivity index is 1.55. The lowest BCUT2D eigenvalue weighted by atomic mass is 9.52. The van der Waals surface area contributed by atoms with Crippen molar-refractivity contribution in [2.24, 2.45) is 11.3 Å². The zero-order valence-corrected chi connectivity index (χ0v) is 19.9. The van der Waals surface area contributed by atoms with Crippen LogP contribution >= 0.6 is 0 Å². The van der Waals surface area contributed by atoms with E-state index in [1.54, 1.807) is 23.1 Å². The van der Waals surface area contributed by atoms with Gasteiger partial charge >= 0.3 is 0 Å². The van der Waals surface area contributed by atoms with Crippen molar-refractivity contribution in [3.63, 3.8) is 0 Å². The van der Waals surface area contributed by atoms with Gasteiger partial charge < -0.3 is 15.0 Å². The third kappa shape index (κ3) is 2.54. The summed E-state index contributed by atoms with van der Waals surface area (Å²) >= 11 is 0. The number of benzene rings is 1. The maximum Gasteiger partial charge on any atom is 0.287 e. The van der Waals surface area contributed by atoms with Crippen LogP contribution in [0.3, 0.4) is 0 Å². The number of carbonyl (C=O) groups is 2. The van der Waals surface area contributed by atoms with Gasteiger partial charge in [0.05, 0.1) is 16.1 Å². The van der Waals surface area contributed by atoms with Crippen molar-refractivity contribution in [1.82, 2.24) is 10.2 Å². The lowest BCUT2D eigenvalue weighted by Crippen LogP contribution is -2.82. The zero-order valence-electron chi connectivity index (χ0n) is 19.9. The number of rotatable bonds is 2. The SMILES string of the molecule is CC1(C)C=Cc2c(ccc(C3=C[C@]45NC(=O)C6(CCCN6C4=O)CC5C(C)(C)C3)c2[N+](=O)[O-])O1. The number of piperazine rings is 1. The van der Waals surface area contributed by atoms with Gasteiger partial charge in [0.1, 0.15) is 22.4 Å². The molecule has 0 aromatic heterocycles. The third-order valence-corrected chi connectivity index (χ3v) is 8.64. The largest absolute Gasteiger partial charge is 0.483 e. The molecule has 4 saturated heterocycles. The van der Waals surface area contributed by atoms with Crippen molar-refractivity contribution in [2.75, 3.05) is 6.54 Å². The molecule has 7 rings (SSSR count). The summed E-state index contributed by atoms with van der Waals surface area (Å²) in [6, 6.07) is 3.50. The van der Waals surface area contributed by atoms with Crippen LogP contribution in [0, 0.1) is 21.4 Å². The zero-order chi connectivity index (χ0) is 24.3. The van der Waals surface area contributed by atoms with E-state index in [0.29, 0.717) is 42.7 Å². The number of allylic oxidation sites excluding steroid dienone is 1. The van der Waals surface area contributed by atoms with Crippen LogP contribution in [0.5, 0.6) is 5.75 Å². The number of fused-ring (bicyclic) bond motifs is 2. The second kappa shape index (κ2) is 6.29. The van der Waals surface area contributed by atoms with E-state index in [1.165, 1.54) is 0 Å². The molecule has 2 amide bonds. The smallest absolute Gasteiger partial charge is 0.287 e. The van der Waals surface area contributed by atoms with Crippen LogP contribution in [0.4, 0.5) is 5.69 Å². The van der Waals surface area contributed by atoms with Crippen molar-refractivity contribution in [3.05, 3.63) is 45.5 Å². The van der Waals surface area contributed by atoms with Gasteiger partial charge in [-0.25, -0.2) is 0 Å². The molecule has 5 heterocycles. The molecule has 1 aromatic carbocycles. The fourth-order valence-electron chi connectivity index (χ4n) is 7.13. The van der Waals surface area contributed by atoms with Crippen molar-refractivity contribution in [3.8, 4) is 5.75 Å². The molecular formula is C26H29N3O5. The van der Waals surface area contributed by atoms with Gasteiger partial charge in [0.2, 0.25) is 5.91 Å². The third-order valence-electron chi connectivity index (χ3n) is 8.64. The van der Waals surface area contributed by atoms with E-state index >= 15 is 0 Å². The molecule has 1 aromatic rings. The summed E-state index contributed by atoms with van der Waals surface area (Å²) in [5.41, 5.74) is -1.20. The van der Waals surface area contributed by atoms with Crippen LogP contribution in [0.2, 0.25) is 0 Å². The van der Waals surface area contributed by atoms with E-state index in [9.17, 15) is 19.7 Å². The van der Waals surface area contributed by atoms with Gasteiger partial charge in [-0.05, 0) is 80.9 Å². The van der Waals surface area contributed by atoms with Crippen LogP contribution in [0.15, 0.2) is 24.3 Å². The monoisotopic (exact) mass is 463 g/mol. The average molecular weight is 464 g/mol. The van der Waals surface area contributed by atoms with Crippen molar-refractivity contribution in [1.29, 1.82) is 0 Å². The predicted molar refractivity (Wildman–Crippen MR) is 126 cm³/mol. The Bertz CT molecular complexity index is 1250. The molecule has 6 aliphatic rings. The molecule has 0 saturated carbocycles. The van der Waals surface area contributed by atoms with Crippen molar-refractivity contribution >= 4 is 29.2 Å². The van der Waals surface area contributed by atoms with Crippen LogP contribution in [-0.4, -0.2) is 44.9 Å². The number of nitrogens with zero attached hydrogens (tertiary/aromatic N) is 2. The first kappa shape index (κ1) is 21.4. The molecule has 0 radical (unpaired) electrons. The van der Waals surface area contributed by atoms with Crippen LogP contribution < -0.4 is 10.1 Å². The fraction of sp³-hybridized carbons (Fsp3) is 0.538. The van der Waals surface area contributed by atoms with Gasteiger partial charge in [0, 0.05) is 12.5 Å². The highest BCUT2D eigenvalue weighted by Gasteiger charge is 2.71. The van der Waals surface area contributed by atoms with E-state index < -0.39 is 16.7 Å². The standard InChI is InChI=1S/C26H29N3O5/c1-23(2)12-15(16-6-7-18-17(20(16)29(32)33)8-10-24(3,4)34-18)13-26-19(23)14-25(21(30)27-26)9-5-11-28(25)22(26)31/h6-8,10,13,19H,5,9,11-12,14H2,1-4H3,(H,27,30)/t19?,25?,26-/m1/s1. The number of nitrogens with one attached hydrogen (secondary N) is 1. The lowest BCUT2D eigenvalue weighted by Gasteiger charge is -2.63. The molecule has 8 heteroatoms. The van der Waals surface area contributed by atoms with Crippen LogP contribution in [0.25, 0.3) is 11.6 Å². The van der Waals surface area contributed by atoms with Gasteiger partial charge in [0.25, 0.3) is 11.6 Å². The second-order valence-electron chi connectivity index (χ2n) is 11.7. The van der Waals surface area contributed by atoms with Crippen molar-refractivity contribution < 1.29 is 19.2 Å². The summed E-state index contributed by atoms with van der Waals surface area (Å²) in [5, 5.41) is 15.4. The number of hydrogen-bond acceptors (Lipinski definition) is 5. The Morgan fingerprint density at radius 3 is 2.71 bits per heavy atom. The molecular weight excluding hydrogens is 434 g/mol. The molecule has 2 unspecified atom stereocenters. The Labute approximate surface area is 198 Å². The summed E-state index contributed by atoms with van der Waals surface area (Å²) in [4.78, 5) is 40.8. The van der Waals surface area contributed by atoms with E-state index in [0.717, 1.165) is 12.0 Å². The molecule has 34 heavy (non-hydrogen) atoms.